The first-order chi connectivity index (χ1) is 33.2. The molecule has 0 saturated heterocycles. The van der Waals surface area contributed by atoms with Crippen LogP contribution in [0.1, 0.15) is 74.9 Å². The summed E-state index contributed by atoms with van der Waals surface area (Å²) >= 11 is 7.70. The number of thiophene rings is 4. The average molecular weight is 965 g/mol. The van der Waals surface area contributed by atoms with Gasteiger partial charge in [-0.05, 0) is 148 Å². The lowest BCUT2D eigenvalue weighted by atomic mass is 9.39. The SMILES string of the molecule is Cc1ccc(-c2csc3ccccc23)c(C)c1N1c2cccc3c2B(c2sc4ccc(C(C)(C)C)cc4c21)c1sc2ccc(C(C)(C)C)cc2c1N3c1c(C)ccc(-c2csc3ccccc23)c1C. The second-order valence-electron chi connectivity index (χ2n) is 21.5. The number of aryl methyl sites for hydroxylation is 2. The van der Waals surface area contributed by atoms with Crippen LogP contribution in [-0.4, -0.2) is 6.71 Å². The summed E-state index contributed by atoms with van der Waals surface area (Å²) in [5.41, 5.74) is 22.2. The third kappa shape index (κ3) is 6.33. The van der Waals surface area contributed by atoms with Crippen LogP contribution in [0.2, 0.25) is 0 Å². The molecule has 0 spiro atoms. The highest BCUT2D eigenvalue weighted by Gasteiger charge is 2.48. The zero-order valence-electron chi connectivity index (χ0n) is 40.9. The van der Waals surface area contributed by atoms with Gasteiger partial charge >= 0.3 is 0 Å². The van der Waals surface area contributed by atoms with Crippen molar-refractivity contribution in [2.75, 3.05) is 9.80 Å². The lowest BCUT2D eigenvalue weighted by molar-refractivity contribution is 0.591. The van der Waals surface area contributed by atoms with Crippen LogP contribution in [0.25, 0.3) is 62.6 Å². The number of benzene rings is 7. The van der Waals surface area contributed by atoms with E-state index in [9.17, 15) is 0 Å². The van der Waals surface area contributed by atoms with Gasteiger partial charge in [0.15, 0.2) is 0 Å². The van der Waals surface area contributed by atoms with E-state index in [2.05, 4.69) is 217 Å². The summed E-state index contributed by atoms with van der Waals surface area (Å²) < 4.78 is 8.18. The average Bonchev–Trinajstić information content (AvgIpc) is 4.13. The van der Waals surface area contributed by atoms with Gasteiger partial charge in [0.1, 0.15) is 0 Å². The molecule has 11 aromatic rings. The lowest BCUT2D eigenvalue weighted by Crippen LogP contribution is -2.59. The quantitative estimate of drug-likeness (QED) is 0.162. The van der Waals surface area contributed by atoms with Crippen molar-refractivity contribution in [1.29, 1.82) is 0 Å². The summed E-state index contributed by atoms with van der Waals surface area (Å²) in [5.74, 6) is 0. The Hall–Kier alpha value is -5.96. The minimum absolute atomic E-state index is 0.00630. The molecule has 6 heterocycles. The molecule has 7 heteroatoms. The van der Waals surface area contributed by atoms with Crippen molar-refractivity contribution in [2.45, 2.75) is 80.1 Å². The van der Waals surface area contributed by atoms with Crippen LogP contribution in [0.15, 0.2) is 138 Å². The maximum atomic E-state index is 2.71. The summed E-state index contributed by atoms with van der Waals surface area (Å²) in [6, 6.07) is 49.1. The Kier molecular flexibility index (Phi) is 9.54. The smallest absolute Gasteiger partial charge is 0.277 e. The number of hydrogen-bond donors (Lipinski definition) is 0. The molecule has 4 aromatic heterocycles. The topological polar surface area (TPSA) is 6.48 Å². The number of rotatable bonds is 4. The Labute approximate surface area is 422 Å². The maximum absolute atomic E-state index is 2.71. The molecular weight excluding hydrogens is 912 g/mol. The van der Waals surface area contributed by atoms with Gasteiger partial charge in [-0.15, -0.1) is 45.3 Å². The molecule has 0 bridgehead atoms. The third-order valence-electron chi connectivity index (χ3n) is 15.2. The highest BCUT2D eigenvalue weighted by Crippen LogP contribution is 2.54. The number of anilines is 6. The van der Waals surface area contributed by atoms with E-state index in [-0.39, 0.29) is 17.5 Å². The second-order valence-corrected chi connectivity index (χ2v) is 25.5. The van der Waals surface area contributed by atoms with Gasteiger partial charge in [-0.3, -0.25) is 0 Å². The van der Waals surface area contributed by atoms with Gasteiger partial charge in [0.25, 0.3) is 6.71 Å². The monoisotopic (exact) mass is 964 g/mol. The summed E-state index contributed by atoms with van der Waals surface area (Å²) in [4.78, 5) is 5.42. The van der Waals surface area contributed by atoms with Crippen LogP contribution in [-0.2, 0) is 10.8 Å². The molecule has 2 aliphatic heterocycles. The highest BCUT2D eigenvalue weighted by molar-refractivity contribution is 7.40. The molecule has 0 N–H and O–H groups in total. The normalized spacial score (nSPS) is 13.6. The Morgan fingerprint density at radius 2 is 0.841 bits per heavy atom. The lowest BCUT2D eigenvalue weighted by Gasteiger charge is -2.43. The van der Waals surface area contributed by atoms with Crippen molar-refractivity contribution in [3.05, 3.63) is 172 Å². The van der Waals surface area contributed by atoms with Gasteiger partial charge in [-0.2, -0.15) is 0 Å². The Bertz CT molecular complexity index is 3700. The minimum Gasteiger partial charge on any atom is -0.309 e. The molecule has 13 rings (SSSR count). The van der Waals surface area contributed by atoms with E-state index in [1.807, 2.05) is 45.3 Å². The summed E-state index contributed by atoms with van der Waals surface area (Å²) in [7, 11) is 0. The van der Waals surface area contributed by atoms with Crippen LogP contribution >= 0.6 is 45.3 Å². The fourth-order valence-corrected chi connectivity index (χ4v) is 16.2. The second kappa shape index (κ2) is 15.3. The van der Waals surface area contributed by atoms with Crippen molar-refractivity contribution in [1.82, 2.24) is 0 Å². The van der Waals surface area contributed by atoms with Crippen LogP contribution in [0.5, 0.6) is 0 Å². The molecule has 2 aliphatic rings. The first-order valence-electron chi connectivity index (χ1n) is 24.2. The first kappa shape index (κ1) is 43.1. The van der Waals surface area contributed by atoms with Gasteiger partial charge in [0, 0.05) is 72.4 Å². The van der Waals surface area contributed by atoms with Crippen molar-refractivity contribution in [3.8, 4) is 22.3 Å². The largest absolute Gasteiger partial charge is 0.309 e. The molecule has 0 atom stereocenters. The minimum atomic E-state index is -0.00630. The predicted octanol–water partition coefficient (Wildman–Crippen LogP) is 17.8. The van der Waals surface area contributed by atoms with E-state index >= 15 is 0 Å². The molecule has 7 aromatic carbocycles. The molecule has 0 amide bonds. The van der Waals surface area contributed by atoms with Gasteiger partial charge in [-0.1, -0.05) is 120 Å². The van der Waals surface area contributed by atoms with Crippen molar-refractivity contribution >= 4 is 142 Å². The predicted molar refractivity (Wildman–Crippen MR) is 309 cm³/mol. The standard InChI is InChI=1S/C62H53BN2S4/c1-34-22-26-40(46-32-66-50-20-13-11-16-42(46)50)36(3)55(34)64-48-18-15-19-49-54(48)63(59-57(64)44-30-38(61(5,6)7)24-28-52(44)68-59)60-58(45-31-39(62(8,9)10)25-29-53(45)69-60)65(49)56-35(2)23-27-41(37(56)4)47-33-67-51-21-14-12-17-43(47)51/h11-33H,1-10H3. The molecule has 0 saturated carbocycles. The van der Waals surface area contributed by atoms with Gasteiger partial charge in [0.05, 0.1) is 22.7 Å². The maximum Gasteiger partial charge on any atom is 0.277 e. The zero-order chi connectivity index (χ0) is 47.4. The van der Waals surface area contributed by atoms with Crippen molar-refractivity contribution in [3.63, 3.8) is 0 Å². The molecule has 2 nitrogen and oxygen atoms in total. The van der Waals surface area contributed by atoms with E-state index in [1.165, 1.54) is 145 Å². The van der Waals surface area contributed by atoms with E-state index in [4.69, 9.17) is 0 Å². The third-order valence-corrected chi connectivity index (χ3v) is 19.5. The van der Waals surface area contributed by atoms with E-state index < -0.39 is 0 Å². The fraction of sp³-hybridized carbons (Fsp3) is 0.194. The Balaban J connectivity index is 1.15. The molecular formula is C62H53BN2S4. The fourth-order valence-electron chi connectivity index (χ4n) is 11.6. The van der Waals surface area contributed by atoms with Crippen molar-refractivity contribution in [2.24, 2.45) is 0 Å². The van der Waals surface area contributed by atoms with Gasteiger partial charge in [0.2, 0.25) is 0 Å². The Morgan fingerprint density at radius 1 is 0.406 bits per heavy atom. The van der Waals surface area contributed by atoms with Crippen LogP contribution in [0.3, 0.4) is 0 Å². The molecule has 0 unspecified atom stereocenters. The van der Waals surface area contributed by atoms with E-state index in [1.54, 1.807) is 0 Å². The molecule has 338 valence electrons. The van der Waals surface area contributed by atoms with Crippen LogP contribution in [0, 0.1) is 27.7 Å². The van der Waals surface area contributed by atoms with Crippen molar-refractivity contribution < 1.29 is 0 Å². The van der Waals surface area contributed by atoms with E-state index in [0.29, 0.717) is 0 Å². The Morgan fingerprint density at radius 3 is 1.28 bits per heavy atom. The summed E-state index contributed by atoms with van der Waals surface area (Å²) in [5, 5.41) is 10.1. The highest BCUT2D eigenvalue weighted by atomic mass is 32.1. The molecule has 0 radical (unpaired) electrons. The summed E-state index contributed by atoms with van der Waals surface area (Å²) in [6.45, 7) is 23.5. The summed E-state index contributed by atoms with van der Waals surface area (Å²) in [6.07, 6.45) is 0. The first-order valence-corrected chi connectivity index (χ1v) is 27.6. The van der Waals surface area contributed by atoms with Crippen LogP contribution < -0.4 is 24.8 Å². The van der Waals surface area contributed by atoms with Gasteiger partial charge < -0.3 is 9.80 Å². The van der Waals surface area contributed by atoms with Crippen LogP contribution in [0.4, 0.5) is 34.1 Å². The number of hydrogen-bond acceptors (Lipinski definition) is 6. The number of fused-ring (bicyclic) bond motifs is 10. The zero-order valence-corrected chi connectivity index (χ0v) is 44.1. The van der Waals surface area contributed by atoms with Gasteiger partial charge in [-0.25, -0.2) is 0 Å². The molecule has 0 aliphatic carbocycles. The number of nitrogens with zero attached hydrogens (tertiary/aromatic N) is 2. The molecule has 69 heavy (non-hydrogen) atoms. The molecule has 0 fully saturated rings. The van der Waals surface area contributed by atoms with E-state index in [0.717, 1.165) is 0 Å².